The summed E-state index contributed by atoms with van der Waals surface area (Å²) in [5.74, 6) is 0. The lowest BCUT2D eigenvalue weighted by atomic mass is 9.87. The lowest BCUT2D eigenvalue weighted by molar-refractivity contribution is -0.393. The Hall–Kier alpha value is -3.75. The van der Waals surface area contributed by atoms with E-state index in [4.69, 9.17) is 0 Å². The van der Waals surface area contributed by atoms with Gasteiger partial charge in [-0.2, -0.15) is 5.10 Å². The zero-order chi connectivity index (χ0) is 22.2. The van der Waals surface area contributed by atoms with E-state index >= 15 is 0 Å². The molecule has 0 aromatic heterocycles. The first-order chi connectivity index (χ1) is 14.0. The number of nitro groups is 2. The molecular formula is C21H23N5O4. The van der Waals surface area contributed by atoms with E-state index in [9.17, 15) is 20.2 Å². The van der Waals surface area contributed by atoms with E-state index < -0.39 is 15.5 Å². The number of anilines is 2. The Morgan fingerprint density at radius 3 is 2.43 bits per heavy atom. The third-order valence-corrected chi connectivity index (χ3v) is 5.38. The van der Waals surface area contributed by atoms with Crippen molar-refractivity contribution in [1.29, 1.82) is 0 Å². The fraction of sp³-hybridized carbons (Fsp3) is 0.286. The maximum Gasteiger partial charge on any atom is 0.301 e. The summed E-state index contributed by atoms with van der Waals surface area (Å²) in [6.07, 6.45) is 3.80. The molecule has 9 nitrogen and oxygen atoms in total. The molecule has 2 aromatic carbocycles. The number of rotatable bonds is 5. The average molecular weight is 409 g/mol. The summed E-state index contributed by atoms with van der Waals surface area (Å²) >= 11 is 0. The first kappa shape index (κ1) is 21.0. The molecule has 1 aliphatic rings. The lowest BCUT2D eigenvalue weighted by Crippen LogP contribution is -2.42. The van der Waals surface area contributed by atoms with Crippen LogP contribution in [0.25, 0.3) is 5.57 Å². The maximum atomic E-state index is 11.2. The summed E-state index contributed by atoms with van der Waals surface area (Å²) in [4.78, 5) is 23.0. The minimum atomic E-state index is -0.680. The number of non-ortho nitro benzene ring substituents is 1. The number of aryl methyl sites for hydroxylation is 1. The van der Waals surface area contributed by atoms with Crippen LogP contribution in [0, 0.1) is 27.2 Å². The Labute approximate surface area is 174 Å². The van der Waals surface area contributed by atoms with Gasteiger partial charge in [0, 0.05) is 24.4 Å². The van der Waals surface area contributed by atoms with Crippen molar-refractivity contribution in [1.82, 2.24) is 0 Å². The highest BCUT2D eigenvalue weighted by molar-refractivity contribution is 5.89. The monoisotopic (exact) mass is 409 g/mol. The smallest absolute Gasteiger partial charge is 0.301 e. The SMILES string of the molecule is CC1=CC(C)(C)N(C)c2cc(C)c(/C=N/Nc3ccc([N+](=O)[O-])cc3[N+](=O)[O-])cc21. The molecule has 1 N–H and O–H groups in total. The largest absolute Gasteiger partial charge is 0.365 e. The van der Waals surface area contributed by atoms with Crippen molar-refractivity contribution in [3.05, 3.63) is 73.3 Å². The Balaban J connectivity index is 1.91. The van der Waals surface area contributed by atoms with Crippen molar-refractivity contribution >= 4 is 34.5 Å². The molecule has 0 fully saturated rings. The molecule has 30 heavy (non-hydrogen) atoms. The number of hydrazone groups is 1. The molecule has 0 saturated heterocycles. The van der Waals surface area contributed by atoms with Crippen LogP contribution in [0.5, 0.6) is 0 Å². The number of nitrogens with zero attached hydrogens (tertiary/aromatic N) is 4. The summed E-state index contributed by atoms with van der Waals surface area (Å²) < 4.78 is 0. The molecule has 0 bridgehead atoms. The summed E-state index contributed by atoms with van der Waals surface area (Å²) in [6.45, 7) is 8.36. The second kappa shape index (κ2) is 7.58. The van der Waals surface area contributed by atoms with Gasteiger partial charge in [0.2, 0.25) is 0 Å². The minimum absolute atomic E-state index is 0.0787. The van der Waals surface area contributed by atoms with Gasteiger partial charge in [0.25, 0.3) is 5.69 Å². The molecule has 3 rings (SSSR count). The quantitative estimate of drug-likeness (QED) is 0.427. The predicted octanol–water partition coefficient (Wildman–Crippen LogP) is 4.89. The second-order valence-electron chi connectivity index (χ2n) is 7.85. The standard InChI is InChI=1S/C21H23N5O4/c1-13-8-19-17(14(2)11-21(3,4)24(19)5)9-15(13)12-22-23-18-7-6-16(25(27)28)10-20(18)26(29)30/h6-12,23H,1-5H3/b22-12+. The predicted molar refractivity (Wildman–Crippen MR) is 118 cm³/mol. The van der Waals surface area contributed by atoms with E-state index in [0.717, 1.165) is 28.4 Å². The van der Waals surface area contributed by atoms with Gasteiger partial charge in [-0.25, -0.2) is 0 Å². The third kappa shape index (κ3) is 3.86. The van der Waals surface area contributed by atoms with E-state index in [1.165, 1.54) is 17.7 Å². The number of benzene rings is 2. The molecule has 156 valence electrons. The fourth-order valence-electron chi connectivity index (χ4n) is 3.51. The Morgan fingerprint density at radius 1 is 1.10 bits per heavy atom. The van der Waals surface area contributed by atoms with Gasteiger partial charge in [0.15, 0.2) is 0 Å². The molecule has 1 aliphatic heterocycles. The van der Waals surface area contributed by atoms with Gasteiger partial charge in [0.05, 0.1) is 27.7 Å². The van der Waals surface area contributed by atoms with Crippen LogP contribution in [0.3, 0.4) is 0 Å². The number of likely N-dealkylation sites (N-methyl/N-ethyl adjacent to an activating group) is 1. The van der Waals surface area contributed by atoms with Crippen molar-refractivity contribution in [3.8, 4) is 0 Å². The molecule has 0 atom stereocenters. The van der Waals surface area contributed by atoms with Crippen LogP contribution in [-0.4, -0.2) is 28.6 Å². The molecular weight excluding hydrogens is 386 g/mol. The number of hydrogen-bond acceptors (Lipinski definition) is 7. The highest BCUT2D eigenvalue weighted by Gasteiger charge is 2.28. The molecule has 0 amide bonds. The van der Waals surface area contributed by atoms with Crippen LogP contribution in [0.15, 0.2) is 41.5 Å². The van der Waals surface area contributed by atoms with Crippen molar-refractivity contribution in [3.63, 3.8) is 0 Å². The van der Waals surface area contributed by atoms with Crippen LogP contribution in [-0.2, 0) is 0 Å². The normalized spacial score (nSPS) is 15.0. The molecule has 0 radical (unpaired) electrons. The van der Waals surface area contributed by atoms with Crippen LogP contribution in [0.2, 0.25) is 0 Å². The lowest BCUT2D eigenvalue weighted by Gasteiger charge is -2.41. The molecule has 0 aliphatic carbocycles. The highest BCUT2D eigenvalue weighted by Crippen LogP contribution is 2.39. The van der Waals surface area contributed by atoms with E-state index in [-0.39, 0.29) is 16.9 Å². The Kier molecular flexibility index (Phi) is 5.30. The maximum absolute atomic E-state index is 11.2. The van der Waals surface area contributed by atoms with E-state index in [1.54, 1.807) is 6.21 Å². The summed E-state index contributed by atoms with van der Waals surface area (Å²) in [5, 5.41) is 26.2. The summed E-state index contributed by atoms with van der Waals surface area (Å²) in [5.41, 5.74) is 7.14. The van der Waals surface area contributed by atoms with Crippen LogP contribution in [0.4, 0.5) is 22.7 Å². The van der Waals surface area contributed by atoms with Crippen molar-refractivity contribution < 1.29 is 9.85 Å². The molecule has 0 unspecified atom stereocenters. The van der Waals surface area contributed by atoms with Gasteiger partial charge < -0.3 is 4.90 Å². The van der Waals surface area contributed by atoms with Gasteiger partial charge in [-0.05, 0) is 62.6 Å². The molecule has 0 saturated carbocycles. The van der Waals surface area contributed by atoms with Crippen molar-refractivity contribution in [2.24, 2.45) is 5.10 Å². The first-order valence-corrected chi connectivity index (χ1v) is 9.31. The fourth-order valence-corrected chi connectivity index (χ4v) is 3.51. The number of nitro benzene ring substituents is 2. The highest BCUT2D eigenvalue weighted by atomic mass is 16.6. The number of nitrogens with one attached hydrogen (secondary N) is 1. The van der Waals surface area contributed by atoms with Gasteiger partial charge in [-0.3, -0.25) is 25.7 Å². The number of hydrogen-bond donors (Lipinski definition) is 1. The number of fused-ring (bicyclic) bond motifs is 1. The Bertz CT molecular complexity index is 1100. The molecule has 2 aromatic rings. The zero-order valence-electron chi connectivity index (χ0n) is 17.5. The van der Waals surface area contributed by atoms with E-state index in [1.807, 2.05) is 13.0 Å². The van der Waals surface area contributed by atoms with Crippen molar-refractivity contribution in [2.45, 2.75) is 33.2 Å². The van der Waals surface area contributed by atoms with E-state index in [0.29, 0.717) is 0 Å². The summed E-state index contributed by atoms with van der Waals surface area (Å²) in [7, 11) is 2.06. The topological polar surface area (TPSA) is 114 Å². The third-order valence-electron chi connectivity index (χ3n) is 5.38. The van der Waals surface area contributed by atoms with Crippen LogP contribution < -0.4 is 10.3 Å². The summed E-state index contributed by atoms with van der Waals surface area (Å²) in [6, 6.07) is 7.52. The van der Waals surface area contributed by atoms with Gasteiger partial charge >= 0.3 is 5.69 Å². The molecule has 9 heteroatoms. The molecule has 0 spiro atoms. The second-order valence-corrected chi connectivity index (χ2v) is 7.85. The van der Waals surface area contributed by atoms with Crippen LogP contribution >= 0.6 is 0 Å². The van der Waals surface area contributed by atoms with Gasteiger partial charge in [-0.1, -0.05) is 6.08 Å². The van der Waals surface area contributed by atoms with Crippen molar-refractivity contribution in [2.75, 3.05) is 17.4 Å². The molecule has 1 heterocycles. The van der Waals surface area contributed by atoms with Crippen LogP contribution in [0.1, 0.15) is 37.5 Å². The number of allylic oxidation sites excluding steroid dienone is 1. The van der Waals surface area contributed by atoms with Gasteiger partial charge in [-0.15, -0.1) is 0 Å². The van der Waals surface area contributed by atoms with E-state index in [2.05, 4.69) is 55.4 Å². The minimum Gasteiger partial charge on any atom is -0.365 e. The van der Waals surface area contributed by atoms with Gasteiger partial charge in [0.1, 0.15) is 5.69 Å². The average Bonchev–Trinajstić information content (AvgIpc) is 2.66. The Morgan fingerprint density at radius 2 is 1.80 bits per heavy atom. The first-order valence-electron chi connectivity index (χ1n) is 9.31. The zero-order valence-corrected chi connectivity index (χ0v) is 17.5.